The molecule has 1 aromatic rings. The standard InChI is InChI=1S/C18H26N2O2S2/c1-14(21)20(12-15-3-10-24-13-15)16-11-18(16)5-7-19(8-6-18)17(22)4-9-23-2/h3,10,13,16H,4-9,11-12H2,1-2H3/t16-/m0/s1. The fraction of sp³-hybridized carbons (Fsp3) is 0.667. The van der Waals surface area contributed by atoms with E-state index in [1.807, 2.05) is 16.1 Å². The number of hydrogen-bond donors (Lipinski definition) is 0. The van der Waals surface area contributed by atoms with Crippen molar-refractivity contribution in [3.63, 3.8) is 0 Å². The Morgan fingerprint density at radius 2 is 2.17 bits per heavy atom. The summed E-state index contributed by atoms with van der Waals surface area (Å²) in [6, 6.07) is 2.46. The maximum Gasteiger partial charge on any atom is 0.223 e. The fourth-order valence-corrected chi connectivity index (χ4v) is 4.91. The van der Waals surface area contributed by atoms with E-state index in [4.69, 9.17) is 0 Å². The number of likely N-dealkylation sites (tertiary alicyclic amines) is 1. The number of nitrogens with zero attached hydrogens (tertiary/aromatic N) is 2. The van der Waals surface area contributed by atoms with Gasteiger partial charge in [0.2, 0.25) is 11.8 Å². The van der Waals surface area contributed by atoms with Crippen LogP contribution in [-0.2, 0) is 16.1 Å². The molecule has 1 atom stereocenters. The first-order chi connectivity index (χ1) is 11.6. The fourth-order valence-electron chi connectivity index (χ4n) is 3.87. The molecule has 0 unspecified atom stereocenters. The van der Waals surface area contributed by atoms with Gasteiger partial charge in [0.05, 0.1) is 0 Å². The highest BCUT2D eigenvalue weighted by atomic mass is 32.2. The molecule has 3 rings (SSSR count). The molecule has 1 aromatic heterocycles. The van der Waals surface area contributed by atoms with E-state index in [9.17, 15) is 9.59 Å². The van der Waals surface area contributed by atoms with Crippen molar-refractivity contribution in [2.45, 2.75) is 45.2 Å². The van der Waals surface area contributed by atoms with Crippen LogP contribution in [0, 0.1) is 5.41 Å². The van der Waals surface area contributed by atoms with Crippen LogP contribution in [0.1, 0.15) is 38.2 Å². The van der Waals surface area contributed by atoms with Crippen molar-refractivity contribution in [3.8, 4) is 0 Å². The van der Waals surface area contributed by atoms with Crippen molar-refractivity contribution in [1.29, 1.82) is 0 Å². The van der Waals surface area contributed by atoms with Gasteiger partial charge in [0.15, 0.2) is 0 Å². The summed E-state index contributed by atoms with van der Waals surface area (Å²) in [7, 11) is 0. The highest BCUT2D eigenvalue weighted by Crippen LogP contribution is 2.57. The second-order valence-electron chi connectivity index (χ2n) is 6.98. The topological polar surface area (TPSA) is 40.6 Å². The predicted octanol–water partition coefficient (Wildman–Crippen LogP) is 3.23. The van der Waals surface area contributed by atoms with Crippen molar-refractivity contribution in [2.24, 2.45) is 5.41 Å². The summed E-state index contributed by atoms with van der Waals surface area (Å²) in [6.45, 7) is 4.11. The Balaban J connectivity index is 1.55. The summed E-state index contributed by atoms with van der Waals surface area (Å²) in [5.41, 5.74) is 1.49. The molecule has 0 aromatic carbocycles. The molecule has 4 nitrogen and oxygen atoms in total. The first-order valence-electron chi connectivity index (χ1n) is 8.61. The number of carbonyl (C=O) groups is 2. The van der Waals surface area contributed by atoms with E-state index in [0.29, 0.717) is 12.5 Å². The summed E-state index contributed by atoms with van der Waals surface area (Å²) in [6.07, 6.45) is 5.86. The minimum Gasteiger partial charge on any atom is -0.343 e. The van der Waals surface area contributed by atoms with Gasteiger partial charge in [-0.3, -0.25) is 9.59 Å². The molecule has 2 fully saturated rings. The molecule has 6 heteroatoms. The van der Waals surface area contributed by atoms with Crippen LogP contribution in [0.3, 0.4) is 0 Å². The number of carbonyl (C=O) groups excluding carboxylic acids is 2. The number of thiophene rings is 1. The van der Waals surface area contributed by atoms with Gasteiger partial charge in [-0.05, 0) is 53.3 Å². The Morgan fingerprint density at radius 1 is 1.42 bits per heavy atom. The third kappa shape index (κ3) is 3.80. The summed E-state index contributed by atoms with van der Waals surface area (Å²) < 4.78 is 0. The molecule has 1 saturated carbocycles. The van der Waals surface area contributed by atoms with Crippen LogP contribution < -0.4 is 0 Å². The number of thioether (sulfide) groups is 1. The van der Waals surface area contributed by atoms with Crippen molar-refractivity contribution in [3.05, 3.63) is 22.4 Å². The van der Waals surface area contributed by atoms with Crippen LogP contribution in [0.2, 0.25) is 0 Å². The molecule has 1 spiro atoms. The lowest BCUT2D eigenvalue weighted by Crippen LogP contribution is -2.42. The lowest BCUT2D eigenvalue weighted by Gasteiger charge is -2.34. The van der Waals surface area contributed by atoms with Crippen LogP contribution in [0.25, 0.3) is 0 Å². The van der Waals surface area contributed by atoms with Gasteiger partial charge < -0.3 is 9.80 Å². The second-order valence-corrected chi connectivity index (χ2v) is 8.75. The third-order valence-corrected chi connectivity index (χ3v) is 6.84. The smallest absolute Gasteiger partial charge is 0.223 e. The Labute approximate surface area is 152 Å². The first-order valence-corrected chi connectivity index (χ1v) is 10.9. The molecule has 0 N–H and O–H groups in total. The maximum atomic E-state index is 12.2. The van der Waals surface area contributed by atoms with Crippen molar-refractivity contribution >= 4 is 34.9 Å². The lowest BCUT2D eigenvalue weighted by molar-refractivity contribution is -0.134. The Hall–Kier alpha value is -1.01. The van der Waals surface area contributed by atoms with Crippen LogP contribution in [0.4, 0.5) is 0 Å². The van der Waals surface area contributed by atoms with Gasteiger partial charge in [-0.15, -0.1) is 0 Å². The Kier molecular flexibility index (Phi) is 5.55. The van der Waals surface area contributed by atoms with E-state index in [-0.39, 0.29) is 17.2 Å². The van der Waals surface area contributed by atoms with Gasteiger partial charge in [0.1, 0.15) is 0 Å². The minimum absolute atomic E-state index is 0.168. The van der Waals surface area contributed by atoms with Crippen molar-refractivity contribution in [2.75, 3.05) is 25.1 Å². The van der Waals surface area contributed by atoms with Gasteiger partial charge >= 0.3 is 0 Å². The van der Waals surface area contributed by atoms with E-state index < -0.39 is 0 Å². The molecule has 1 saturated heterocycles. The SMILES string of the molecule is CSCCC(=O)N1CCC2(CC1)C[C@@H]2N(Cc1ccsc1)C(C)=O. The number of piperidine rings is 1. The largest absolute Gasteiger partial charge is 0.343 e. The molecule has 2 aliphatic rings. The van der Waals surface area contributed by atoms with E-state index in [1.165, 1.54) is 5.56 Å². The monoisotopic (exact) mass is 366 g/mol. The predicted molar refractivity (Wildman–Crippen MR) is 100 cm³/mol. The molecule has 132 valence electrons. The number of amides is 2. The van der Waals surface area contributed by atoms with Crippen LogP contribution in [-0.4, -0.2) is 52.8 Å². The molecule has 2 heterocycles. The molecule has 2 amide bonds. The molecule has 1 aliphatic heterocycles. The summed E-state index contributed by atoms with van der Waals surface area (Å²) in [5, 5.41) is 4.19. The molecule has 0 bridgehead atoms. The van der Waals surface area contributed by atoms with E-state index >= 15 is 0 Å². The Morgan fingerprint density at radius 3 is 2.75 bits per heavy atom. The van der Waals surface area contributed by atoms with Crippen LogP contribution in [0.5, 0.6) is 0 Å². The summed E-state index contributed by atoms with van der Waals surface area (Å²) in [4.78, 5) is 28.4. The zero-order chi connectivity index (χ0) is 17.2. The zero-order valence-corrected chi connectivity index (χ0v) is 16.1. The summed E-state index contributed by atoms with van der Waals surface area (Å²) >= 11 is 3.40. The molecule has 24 heavy (non-hydrogen) atoms. The second kappa shape index (κ2) is 7.48. The van der Waals surface area contributed by atoms with Gasteiger partial charge in [-0.25, -0.2) is 0 Å². The summed E-state index contributed by atoms with van der Waals surface area (Å²) in [5.74, 6) is 1.36. The van der Waals surface area contributed by atoms with E-state index in [0.717, 1.165) is 44.6 Å². The highest BCUT2D eigenvalue weighted by Gasteiger charge is 2.58. The maximum absolute atomic E-state index is 12.2. The Bertz CT molecular complexity index is 580. The number of rotatable bonds is 6. The van der Waals surface area contributed by atoms with Crippen LogP contribution >= 0.6 is 23.1 Å². The minimum atomic E-state index is 0.168. The van der Waals surface area contributed by atoms with Gasteiger partial charge in [0.25, 0.3) is 0 Å². The highest BCUT2D eigenvalue weighted by molar-refractivity contribution is 7.98. The zero-order valence-electron chi connectivity index (χ0n) is 14.5. The quantitative estimate of drug-likeness (QED) is 0.776. The molecule has 0 radical (unpaired) electrons. The van der Waals surface area contributed by atoms with Gasteiger partial charge in [-0.1, -0.05) is 0 Å². The van der Waals surface area contributed by atoms with Gasteiger partial charge in [-0.2, -0.15) is 23.1 Å². The average molecular weight is 367 g/mol. The molecular weight excluding hydrogens is 340 g/mol. The molecule has 1 aliphatic carbocycles. The third-order valence-electron chi connectivity index (χ3n) is 5.49. The normalized spacial score (nSPS) is 21.8. The number of hydrogen-bond acceptors (Lipinski definition) is 4. The van der Waals surface area contributed by atoms with Crippen LogP contribution in [0.15, 0.2) is 16.8 Å². The molecular formula is C18H26N2O2S2. The first kappa shape index (κ1) is 17.8. The lowest BCUT2D eigenvalue weighted by atomic mass is 9.92. The average Bonchev–Trinajstić information content (AvgIpc) is 3.01. The van der Waals surface area contributed by atoms with Crippen molar-refractivity contribution < 1.29 is 9.59 Å². The van der Waals surface area contributed by atoms with E-state index in [2.05, 4.69) is 16.8 Å². The van der Waals surface area contributed by atoms with E-state index in [1.54, 1.807) is 30.0 Å². The van der Waals surface area contributed by atoms with Crippen molar-refractivity contribution in [1.82, 2.24) is 9.80 Å². The van der Waals surface area contributed by atoms with Gasteiger partial charge in [0, 0.05) is 44.8 Å².